The van der Waals surface area contributed by atoms with E-state index in [0.29, 0.717) is 24.2 Å². The summed E-state index contributed by atoms with van der Waals surface area (Å²) in [6, 6.07) is 8.22. The van der Waals surface area contributed by atoms with E-state index in [-0.39, 0.29) is 10.0 Å². The third kappa shape index (κ3) is 8.71. The number of piperazine rings is 2. The molecule has 39 heavy (non-hydrogen) atoms. The average Bonchev–Trinajstić information content (AvgIpc) is 2.87. The van der Waals surface area contributed by atoms with Gasteiger partial charge < -0.3 is 9.80 Å². The van der Waals surface area contributed by atoms with E-state index >= 15 is 0 Å². The van der Waals surface area contributed by atoms with E-state index in [9.17, 15) is 26.3 Å². The van der Waals surface area contributed by atoms with Crippen molar-refractivity contribution >= 4 is 23.2 Å². The highest BCUT2D eigenvalue weighted by Crippen LogP contribution is 2.36. The number of nitrogens with zero attached hydrogens (tertiary/aromatic N) is 4. The maximum atomic E-state index is 13.1. The molecule has 0 atom stereocenters. The molecule has 0 radical (unpaired) electrons. The van der Waals surface area contributed by atoms with Crippen molar-refractivity contribution in [2.75, 3.05) is 65.4 Å². The molecular formula is C27H32Cl2F6N4. The van der Waals surface area contributed by atoms with Crippen molar-refractivity contribution in [1.29, 1.82) is 0 Å². The summed E-state index contributed by atoms with van der Waals surface area (Å²) in [6.45, 7) is 9.50. The first-order chi connectivity index (χ1) is 18.4. The van der Waals surface area contributed by atoms with Crippen LogP contribution in [0.5, 0.6) is 0 Å². The van der Waals surface area contributed by atoms with E-state index in [1.807, 2.05) is 0 Å². The largest absolute Gasteiger partial charge is 0.417 e. The zero-order valence-electron chi connectivity index (χ0n) is 21.5. The Kier molecular flexibility index (Phi) is 10.1. The van der Waals surface area contributed by atoms with Crippen molar-refractivity contribution in [2.24, 2.45) is 0 Å². The average molecular weight is 597 g/mol. The lowest BCUT2D eigenvalue weighted by molar-refractivity contribution is -0.138. The summed E-state index contributed by atoms with van der Waals surface area (Å²) in [7, 11) is 0. The fraction of sp³-hybridized carbons (Fsp3) is 0.556. The SMILES string of the molecule is FC(F)(F)c1cc(CN2CCN(CCCN3CCN(Cc4ccc(Cl)c(C(F)(F)F)c4)CC3)CC2)ccc1Cl. The van der Waals surface area contributed by atoms with E-state index in [2.05, 4.69) is 19.6 Å². The molecule has 0 unspecified atom stereocenters. The van der Waals surface area contributed by atoms with Gasteiger partial charge in [-0.3, -0.25) is 9.80 Å². The van der Waals surface area contributed by atoms with Gasteiger partial charge in [-0.1, -0.05) is 35.3 Å². The highest BCUT2D eigenvalue weighted by molar-refractivity contribution is 6.31. The van der Waals surface area contributed by atoms with Crippen LogP contribution in [0.3, 0.4) is 0 Å². The molecule has 0 aliphatic carbocycles. The first kappa shape index (κ1) is 30.4. The summed E-state index contributed by atoms with van der Waals surface area (Å²) in [5.41, 5.74) is -0.365. The van der Waals surface area contributed by atoms with Crippen LogP contribution in [0.4, 0.5) is 26.3 Å². The number of rotatable bonds is 8. The number of hydrogen-bond acceptors (Lipinski definition) is 4. The predicted octanol–water partition coefficient (Wildman–Crippen LogP) is 6.36. The second-order valence-electron chi connectivity index (χ2n) is 10.2. The monoisotopic (exact) mass is 596 g/mol. The maximum absolute atomic E-state index is 13.1. The summed E-state index contributed by atoms with van der Waals surface area (Å²) < 4.78 is 78.8. The van der Waals surface area contributed by atoms with Gasteiger partial charge in [-0.05, 0) is 54.9 Å². The zero-order chi connectivity index (χ0) is 28.2. The van der Waals surface area contributed by atoms with Crippen LogP contribution in [0.1, 0.15) is 28.7 Å². The van der Waals surface area contributed by atoms with Gasteiger partial charge in [-0.15, -0.1) is 0 Å². The third-order valence-corrected chi connectivity index (χ3v) is 8.02. The summed E-state index contributed by atoms with van der Waals surface area (Å²) in [4.78, 5) is 9.10. The molecule has 216 valence electrons. The lowest BCUT2D eigenvalue weighted by Gasteiger charge is -2.37. The molecule has 0 amide bonds. The van der Waals surface area contributed by atoms with Crippen molar-refractivity contribution in [3.8, 4) is 0 Å². The van der Waals surface area contributed by atoms with E-state index in [1.165, 1.54) is 12.1 Å². The van der Waals surface area contributed by atoms with Gasteiger partial charge in [-0.25, -0.2) is 0 Å². The highest BCUT2D eigenvalue weighted by Gasteiger charge is 2.34. The number of hydrogen-bond donors (Lipinski definition) is 0. The molecule has 0 N–H and O–H groups in total. The van der Waals surface area contributed by atoms with Crippen LogP contribution >= 0.6 is 23.2 Å². The van der Waals surface area contributed by atoms with Crippen LogP contribution in [0.25, 0.3) is 0 Å². The second kappa shape index (κ2) is 13.0. The van der Waals surface area contributed by atoms with Crippen LogP contribution in [0.15, 0.2) is 36.4 Å². The van der Waals surface area contributed by atoms with Crippen molar-refractivity contribution in [1.82, 2.24) is 19.6 Å². The molecule has 2 heterocycles. The molecular weight excluding hydrogens is 565 g/mol. The van der Waals surface area contributed by atoms with Crippen molar-refractivity contribution in [3.63, 3.8) is 0 Å². The third-order valence-electron chi connectivity index (χ3n) is 7.36. The molecule has 2 aliphatic heterocycles. The van der Waals surface area contributed by atoms with E-state index < -0.39 is 23.5 Å². The summed E-state index contributed by atoms with van der Waals surface area (Å²) in [6.07, 6.45) is -7.91. The first-order valence-electron chi connectivity index (χ1n) is 13.0. The standard InChI is InChI=1S/C27H32Cl2F6N4/c28-24-4-2-20(16-22(24)26(30,31)32)18-38-12-8-36(9-13-38)6-1-7-37-10-14-39(15-11-37)19-21-3-5-25(29)23(17-21)27(33,34)35/h2-5,16-17H,1,6-15,18-19H2. The van der Waals surface area contributed by atoms with Gasteiger partial charge in [0.2, 0.25) is 0 Å². The van der Waals surface area contributed by atoms with Gasteiger partial charge in [0.05, 0.1) is 21.2 Å². The lowest BCUT2D eigenvalue weighted by Crippen LogP contribution is -2.48. The topological polar surface area (TPSA) is 13.0 Å². The maximum Gasteiger partial charge on any atom is 0.417 e. The fourth-order valence-electron chi connectivity index (χ4n) is 5.15. The molecule has 12 heteroatoms. The van der Waals surface area contributed by atoms with E-state index in [4.69, 9.17) is 23.2 Å². The van der Waals surface area contributed by atoms with Crippen LogP contribution < -0.4 is 0 Å². The number of benzene rings is 2. The Bertz CT molecular complexity index is 1010. The van der Waals surface area contributed by atoms with Gasteiger partial charge in [0.15, 0.2) is 0 Å². The molecule has 2 aromatic rings. The normalized spacial score (nSPS) is 19.1. The van der Waals surface area contributed by atoms with Gasteiger partial charge in [-0.2, -0.15) is 26.3 Å². The molecule has 0 aromatic heterocycles. The minimum absolute atomic E-state index is 0.279. The Labute approximate surface area is 235 Å². The Morgan fingerprint density at radius 3 is 1.21 bits per heavy atom. The smallest absolute Gasteiger partial charge is 0.301 e. The van der Waals surface area contributed by atoms with Gasteiger partial charge in [0.1, 0.15) is 0 Å². The van der Waals surface area contributed by atoms with Crippen LogP contribution in [0.2, 0.25) is 10.0 Å². The minimum atomic E-state index is -4.46. The Hall–Kier alpha value is -1.56. The summed E-state index contributed by atoms with van der Waals surface area (Å²) in [5, 5.41) is -0.558. The first-order valence-corrected chi connectivity index (χ1v) is 13.7. The minimum Gasteiger partial charge on any atom is -0.301 e. The quantitative estimate of drug-likeness (QED) is 0.329. The van der Waals surface area contributed by atoms with Gasteiger partial charge in [0, 0.05) is 65.4 Å². The second-order valence-corrected chi connectivity index (χ2v) is 11.0. The molecule has 0 spiro atoms. The van der Waals surface area contributed by atoms with E-state index in [0.717, 1.165) is 84.0 Å². The number of halogens is 8. The molecule has 2 aliphatic rings. The Morgan fingerprint density at radius 2 is 0.872 bits per heavy atom. The molecule has 0 bridgehead atoms. The Morgan fingerprint density at radius 1 is 0.538 bits per heavy atom. The predicted molar refractivity (Wildman–Crippen MR) is 141 cm³/mol. The van der Waals surface area contributed by atoms with E-state index in [1.54, 1.807) is 12.1 Å². The van der Waals surface area contributed by atoms with Gasteiger partial charge in [0.25, 0.3) is 0 Å². The number of alkyl halides is 6. The molecule has 2 aromatic carbocycles. The van der Waals surface area contributed by atoms with Crippen molar-refractivity contribution < 1.29 is 26.3 Å². The van der Waals surface area contributed by atoms with Crippen LogP contribution in [-0.4, -0.2) is 85.0 Å². The fourth-order valence-corrected chi connectivity index (χ4v) is 5.60. The molecule has 2 saturated heterocycles. The molecule has 2 fully saturated rings. The zero-order valence-corrected chi connectivity index (χ0v) is 23.0. The van der Waals surface area contributed by atoms with Crippen LogP contribution in [-0.2, 0) is 25.4 Å². The summed E-state index contributed by atoms with van der Waals surface area (Å²) in [5.74, 6) is 0. The molecule has 4 rings (SSSR count). The summed E-state index contributed by atoms with van der Waals surface area (Å²) >= 11 is 11.5. The lowest BCUT2D eigenvalue weighted by atomic mass is 10.1. The van der Waals surface area contributed by atoms with Crippen molar-refractivity contribution in [3.05, 3.63) is 68.7 Å². The van der Waals surface area contributed by atoms with Crippen molar-refractivity contribution in [2.45, 2.75) is 31.9 Å². The van der Waals surface area contributed by atoms with Gasteiger partial charge >= 0.3 is 12.4 Å². The molecule has 0 saturated carbocycles. The highest BCUT2D eigenvalue weighted by atomic mass is 35.5. The molecule has 4 nitrogen and oxygen atoms in total. The van der Waals surface area contributed by atoms with Crippen LogP contribution in [0, 0.1) is 0 Å². The Balaban J connectivity index is 1.13.